The summed E-state index contributed by atoms with van der Waals surface area (Å²) in [5.74, 6) is -1.36. The van der Waals surface area contributed by atoms with Crippen molar-refractivity contribution in [3.05, 3.63) is 42.0 Å². The van der Waals surface area contributed by atoms with Gasteiger partial charge in [0.15, 0.2) is 0 Å². The van der Waals surface area contributed by atoms with E-state index >= 15 is 0 Å². The summed E-state index contributed by atoms with van der Waals surface area (Å²) in [7, 11) is 0. The van der Waals surface area contributed by atoms with Gasteiger partial charge in [-0.15, -0.1) is 0 Å². The third kappa shape index (κ3) is 3.68. The second kappa shape index (κ2) is 6.18. The predicted octanol–water partition coefficient (Wildman–Crippen LogP) is 2.02. The molecule has 19 heavy (non-hydrogen) atoms. The lowest BCUT2D eigenvalue weighted by molar-refractivity contribution is -0.144. The fourth-order valence-electron chi connectivity index (χ4n) is 2.22. The van der Waals surface area contributed by atoms with Crippen molar-refractivity contribution in [2.24, 2.45) is 5.92 Å². The first-order valence-electron chi connectivity index (χ1n) is 6.41. The van der Waals surface area contributed by atoms with Gasteiger partial charge in [-0.25, -0.2) is 0 Å². The molecule has 0 unspecified atom stereocenters. The summed E-state index contributed by atoms with van der Waals surface area (Å²) < 4.78 is 0. The van der Waals surface area contributed by atoms with E-state index in [9.17, 15) is 9.59 Å². The van der Waals surface area contributed by atoms with E-state index in [4.69, 9.17) is 5.11 Å². The van der Waals surface area contributed by atoms with Gasteiger partial charge in [0.1, 0.15) is 0 Å². The molecular formula is C15H17NO3. The van der Waals surface area contributed by atoms with Crippen LogP contribution in [0.3, 0.4) is 0 Å². The molecule has 1 aliphatic rings. The molecule has 1 aromatic rings. The second-order valence-electron chi connectivity index (χ2n) is 4.71. The average Bonchev–Trinajstić information content (AvgIpc) is 2.46. The number of likely N-dealkylation sites (tertiary alicyclic amines) is 1. The molecule has 0 saturated carbocycles. The van der Waals surface area contributed by atoms with Gasteiger partial charge in [-0.1, -0.05) is 30.3 Å². The molecule has 4 nitrogen and oxygen atoms in total. The van der Waals surface area contributed by atoms with E-state index in [0.717, 1.165) is 12.0 Å². The average molecular weight is 259 g/mol. The number of benzene rings is 1. The number of rotatable bonds is 3. The number of nitrogens with zero attached hydrogens (tertiary/aromatic N) is 1. The van der Waals surface area contributed by atoms with Gasteiger partial charge in [-0.3, -0.25) is 9.59 Å². The Kier molecular flexibility index (Phi) is 4.34. The van der Waals surface area contributed by atoms with Gasteiger partial charge in [0, 0.05) is 19.2 Å². The number of carbonyl (C=O) groups excluding carboxylic acids is 1. The zero-order valence-electron chi connectivity index (χ0n) is 10.7. The molecule has 1 heterocycles. The summed E-state index contributed by atoms with van der Waals surface area (Å²) >= 11 is 0. The number of hydrogen-bond donors (Lipinski definition) is 1. The van der Waals surface area contributed by atoms with Crippen LogP contribution in [0.1, 0.15) is 18.4 Å². The molecule has 1 amide bonds. The number of hydrogen-bond acceptors (Lipinski definition) is 2. The van der Waals surface area contributed by atoms with Crippen LogP contribution in [0.25, 0.3) is 6.08 Å². The Hall–Kier alpha value is -2.10. The summed E-state index contributed by atoms with van der Waals surface area (Å²) in [6.07, 6.45) is 4.68. The molecule has 0 aliphatic carbocycles. The van der Waals surface area contributed by atoms with Crippen LogP contribution in [0.4, 0.5) is 0 Å². The van der Waals surface area contributed by atoms with Crippen molar-refractivity contribution in [2.45, 2.75) is 12.8 Å². The van der Waals surface area contributed by atoms with Gasteiger partial charge >= 0.3 is 5.97 Å². The molecule has 1 N–H and O–H groups in total. The van der Waals surface area contributed by atoms with Crippen LogP contribution >= 0.6 is 0 Å². The molecule has 100 valence electrons. The first kappa shape index (κ1) is 13.3. The van der Waals surface area contributed by atoms with Crippen molar-refractivity contribution in [2.75, 3.05) is 13.1 Å². The number of aliphatic carboxylic acids is 1. The number of carboxylic acids is 1. The number of piperidine rings is 1. The number of carboxylic acid groups (broad SMARTS) is 1. The molecule has 0 radical (unpaired) electrons. The Morgan fingerprint density at radius 3 is 2.68 bits per heavy atom. The fourth-order valence-corrected chi connectivity index (χ4v) is 2.22. The topological polar surface area (TPSA) is 57.6 Å². The molecular weight excluding hydrogens is 242 g/mol. The van der Waals surface area contributed by atoms with Gasteiger partial charge in [0.05, 0.1) is 5.92 Å². The van der Waals surface area contributed by atoms with Crippen LogP contribution in [0.5, 0.6) is 0 Å². The van der Waals surface area contributed by atoms with Crippen molar-refractivity contribution < 1.29 is 14.7 Å². The Balaban J connectivity index is 1.96. The molecule has 1 fully saturated rings. The normalized spacial score (nSPS) is 19.6. The van der Waals surface area contributed by atoms with Crippen molar-refractivity contribution in [1.29, 1.82) is 0 Å². The molecule has 1 saturated heterocycles. The molecule has 1 aliphatic heterocycles. The third-order valence-corrected chi connectivity index (χ3v) is 3.30. The van der Waals surface area contributed by atoms with Crippen molar-refractivity contribution in [1.82, 2.24) is 4.90 Å². The van der Waals surface area contributed by atoms with E-state index in [1.807, 2.05) is 30.3 Å². The van der Waals surface area contributed by atoms with Crippen LogP contribution in [-0.2, 0) is 9.59 Å². The Morgan fingerprint density at radius 1 is 1.26 bits per heavy atom. The molecule has 2 rings (SSSR count). The molecule has 0 aromatic heterocycles. The highest BCUT2D eigenvalue weighted by Gasteiger charge is 2.26. The van der Waals surface area contributed by atoms with Crippen molar-refractivity contribution in [3.63, 3.8) is 0 Å². The van der Waals surface area contributed by atoms with Gasteiger partial charge < -0.3 is 10.0 Å². The van der Waals surface area contributed by atoms with Gasteiger partial charge in [0.2, 0.25) is 5.91 Å². The highest BCUT2D eigenvalue weighted by molar-refractivity contribution is 5.92. The summed E-state index contributed by atoms with van der Waals surface area (Å²) in [4.78, 5) is 24.5. The monoisotopic (exact) mass is 259 g/mol. The predicted molar refractivity (Wildman–Crippen MR) is 72.4 cm³/mol. The van der Waals surface area contributed by atoms with Crippen LogP contribution < -0.4 is 0 Å². The van der Waals surface area contributed by atoms with Crippen LogP contribution in [0.2, 0.25) is 0 Å². The SMILES string of the molecule is O=C(O)[C@H]1CCCN(C(=O)/C=C\c2ccccc2)C1. The lowest BCUT2D eigenvalue weighted by Gasteiger charge is -2.29. The summed E-state index contributed by atoms with van der Waals surface area (Å²) in [6.45, 7) is 0.953. The molecule has 4 heteroatoms. The first-order chi connectivity index (χ1) is 9.16. The van der Waals surface area contributed by atoms with Gasteiger partial charge in [0.25, 0.3) is 0 Å². The number of amides is 1. The maximum atomic E-state index is 12.0. The minimum Gasteiger partial charge on any atom is -0.481 e. The molecule has 0 bridgehead atoms. The Bertz CT molecular complexity index is 481. The molecule has 1 aromatic carbocycles. The van der Waals surface area contributed by atoms with Crippen LogP contribution in [0.15, 0.2) is 36.4 Å². The summed E-state index contributed by atoms with van der Waals surface area (Å²) in [5.41, 5.74) is 0.961. The van der Waals surface area contributed by atoms with Gasteiger partial charge in [-0.05, 0) is 24.5 Å². The number of carbonyl (C=O) groups is 2. The summed E-state index contributed by atoms with van der Waals surface area (Å²) in [5, 5.41) is 8.99. The lowest BCUT2D eigenvalue weighted by Crippen LogP contribution is -2.41. The summed E-state index contributed by atoms with van der Waals surface area (Å²) in [6, 6.07) is 9.57. The highest BCUT2D eigenvalue weighted by atomic mass is 16.4. The second-order valence-corrected chi connectivity index (χ2v) is 4.71. The van der Waals surface area contributed by atoms with Crippen molar-refractivity contribution in [3.8, 4) is 0 Å². The maximum Gasteiger partial charge on any atom is 0.308 e. The Morgan fingerprint density at radius 2 is 2.00 bits per heavy atom. The Labute approximate surface area is 112 Å². The third-order valence-electron chi connectivity index (χ3n) is 3.30. The van der Waals surface area contributed by atoms with E-state index in [1.54, 1.807) is 11.0 Å². The van der Waals surface area contributed by atoms with Crippen molar-refractivity contribution >= 4 is 18.0 Å². The van der Waals surface area contributed by atoms with E-state index in [0.29, 0.717) is 19.5 Å². The lowest BCUT2D eigenvalue weighted by atomic mass is 9.98. The fraction of sp³-hybridized carbons (Fsp3) is 0.333. The first-order valence-corrected chi connectivity index (χ1v) is 6.41. The molecule has 1 atom stereocenters. The minimum absolute atomic E-state index is 0.116. The van der Waals surface area contributed by atoms with E-state index in [1.165, 1.54) is 6.08 Å². The maximum absolute atomic E-state index is 12.0. The van der Waals surface area contributed by atoms with Crippen LogP contribution in [-0.4, -0.2) is 35.0 Å². The minimum atomic E-state index is -0.815. The van der Waals surface area contributed by atoms with E-state index in [2.05, 4.69) is 0 Å². The standard InChI is InChI=1S/C15H17NO3/c17-14(9-8-12-5-2-1-3-6-12)16-10-4-7-13(11-16)15(18)19/h1-3,5-6,8-9,13H,4,7,10-11H2,(H,18,19)/b9-8-/t13-/m0/s1. The zero-order valence-corrected chi connectivity index (χ0v) is 10.7. The van der Waals surface area contributed by atoms with Gasteiger partial charge in [-0.2, -0.15) is 0 Å². The largest absolute Gasteiger partial charge is 0.481 e. The van der Waals surface area contributed by atoms with E-state index in [-0.39, 0.29) is 5.91 Å². The smallest absolute Gasteiger partial charge is 0.308 e. The zero-order chi connectivity index (χ0) is 13.7. The van der Waals surface area contributed by atoms with Crippen LogP contribution in [0, 0.1) is 5.92 Å². The van der Waals surface area contributed by atoms with E-state index < -0.39 is 11.9 Å². The molecule has 0 spiro atoms. The quantitative estimate of drug-likeness (QED) is 0.845. The highest BCUT2D eigenvalue weighted by Crippen LogP contribution is 2.17.